The first-order valence-corrected chi connectivity index (χ1v) is 7.61. The highest BCUT2D eigenvalue weighted by molar-refractivity contribution is 4.93. The summed E-state index contributed by atoms with van der Waals surface area (Å²) in [6.07, 6.45) is 12.2. The molecular weight excluding hydrogens is 222 g/mol. The van der Waals surface area contributed by atoms with Crippen LogP contribution in [-0.4, -0.2) is 15.0 Å². The van der Waals surface area contributed by atoms with Crippen molar-refractivity contribution in [3.8, 4) is 0 Å². The van der Waals surface area contributed by atoms with Crippen LogP contribution in [-0.2, 0) is 13.0 Å². The Morgan fingerprint density at radius 3 is 2.67 bits per heavy atom. The summed E-state index contributed by atoms with van der Waals surface area (Å²) < 4.78 is 2.10. The first-order valence-electron chi connectivity index (χ1n) is 7.61. The molecule has 0 bridgehead atoms. The van der Waals surface area contributed by atoms with Crippen molar-refractivity contribution < 1.29 is 0 Å². The van der Waals surface area contributed by atoms with Gasteiger partial charge in [0.15, 0.2) is 0 Å². The molecule has 0 unspecified atom stereocenters. The Kier molecular flexibility index (Phi) is 7.70. The second-order valence-corrected chi connectivity index (χ2v) is 5.65. The third-order valence-electron chi connectivity index (χ3n) is 3.39. The number of aryl methyl sites for hydroxylation is 2. The van der Waals surface area contributed by atoms with Crippen LogP contribution in [0.3, 0.4) is 0 Å². The van der Waals surface area contributed by atoms with Crippen molar-refractivity contribution in [1.82, 2.24) is 15.0 Å². The lowest BCUT2D eigenvalue weighted by Crippen LogP contribution is -2.05. The summed E-state index contributed by atoms with van der Waals surface area (Å²) in [5.74, 6) is 0.839. The summed E-state index contributed by atoms with van der Waals surface area (Å²) in [5.41, 5.74) is 1.32. The zero-order valence-electron chi connectivity index (χ0n) is 12.4. The lowest BCUT2D eigenvalue weighted by Gasteiger charge is -2.06. The minimum atomic E-state index is 0.839. The molecule has 0 radical (unpaired) electrons. The second-order valence-electron chi connectivity index (χ2n) is 5.65. The summed E-state index contributed by atoms with van der Waals surface area (Å²) >= 11 is 0. The molecule has 0 aliphatic carbocycles. The minimum absolute atomic E-state index is 0.839. The summed E-state index contributed by atoms with van der Waals surface area (Å²) in [4.78, 5) is 0. The minimum Gasteiger partial charge on any atom is -0.249 e. The van der Waals surface area contributed by atoms with E-state index in [0.717, 1.165) is 18.9 Å². The highest BCUT2D eigenvalue weighted by Gasteiger charge is 2.03. The van der Waals surface area contributed by atoms with Gasteiger partial charge in [0.25, 0.3) is 0 Å². The lowest BCUT2D eigenvalue weighted by molar-refractivity contribution is 0.501. The molecule has 0 aliphatic heterocycles. The molecule has 1 rings (SSSR count). The second kappa shape index (κ2) is 9.12. The Morgan fingerprint density at radius 1 is 1.11 bits per heavy atom. The summed E-state index contributed by atoms with van der Waals surface area (Å²) in [5, 5.41) is 8.22. The summed E-state index contributed by atoms with van der Waals surface area (Å²) in [7, 11) is 0. The van der Waals surface area contributed by atoms with Crippen molar-refractivity contribution in [2.75, 3.05) is 0 Å². The number of aromatic nitrogens is 3. The van der Waals surface area contributed by atoms with Crippen molar-refractivity contribution in [2.45, 2.75) is 78.7 Å². The van der Waals surface area contributed by atoms with Crippen molar-refractivity contribution in [1.29, 1.82) is 0 Å². The van der Waals surface area contributed by atoms with Crippen molar-refractivity contribution >= 4 is 0 Å². The molecule has 1 aromatic rings. The number of hydrogen-bond donors (Lipinski definition) is 0. The van der Waals surface area contributed by atoms with Crippen molar-refractivity contribution in [2.24, 2.45) is 5.92 Å². The molecule has 0 saturated carbocycles. The van der Waals surface area contributed by atoms with Gasteiger partial charge in [-0.2, -0.15) is 0 Å². The van der Waals surface area contributed by atoms with Gasteiger partial charge in [0.05, 0.1) is 11.9 Å². The Balaban J connectivity index is 2.19. The Hall–Kier alpha value is -0.860. The van der Waals surface area contributed by atoms with Gasteiger partial charge in [-0.1, -0.05) is 58.1 Å². The van der Waals surface area contributed by atoms with Crippen LogP contribution >= 0.6 is 0 Å². The van der Waals surface area contributed by atoms with Crippen molar-refractivity contribution in [3.63, 3.8) is 0 Å². The maximum absolute atomic E-state index is 4.18. The van der Waals surface area contributed by atoms with Gasteiger partial charge in [-0.05, 0) is 25.2 Å². The molecule has 0 spiro atoms. The zero-order valence-corrected chi connectivity index (χ0v) is 12.4. The highest BCUT2D eigenvalue weighted by Crippen LogP contribution is 2.11. The maximum atomic E-state index is 4.18. The Bertz CT molecular complexity index is 304. The molecule has 18 heavy (non-hydrogen) atoms. The van der Waals surface area contributed by atoms with E-state index in [-0.39, 0.29) is 0 Å². The molecule has 0 fully saturated rings. The van der Waals surface area contributed by atoms with Gasteiger partial charge in [0, 0.05) is 6.54 Å². The fraction of sp³-hybridized carbons (Fsp3) is 0.867. The van der Waals surface area contributed by atoms with Crippen LogP contribution in [0.2, 0.25) is 0 Å². The van der Waals surface area contributed by atoms with Gasteiger partial charge in [0.1, 0.15) is 0 Å². The standard InChI is InChI=1S/C15H29N3/c1-4-5-9-12-18-15(13-16-17-18)11-8-6-7-10-14(2)3/h13-14H,4-12H2,1-3H3. The van der Waals surface area contributed by atoms with E-state index in [0.29, 0.717) is 0 Å². The summed E-state index contributed by atoms with van der Waals surface area (Å²) in [6.45, 7) is 7.87. The molecule has 0 N–H and O–H groups in total. The fourth-order valence-electron chi connectivity index (χ4n) is 2.21. The third kappa shape index (κ3) is 6.18. The van der Waals surface area contributed by atoms with Crippen LogP contribution in [0.5, 0.6) is 0 Å². The van der Waals surface area contributed by atoms with Gasteiger partial charge < -0.3 is 0 Å². The number of unbranched alkanes of at least 4 members (excludes halogenated alkanes) is 4. The quantitative estimate of drug-likeness (QED) is 0.583. The molecule has 104 valence electrons. The van der Waals surface area contributed by atoms with E-state index in [2.05, 4.69) is 35.8 Å². The molecule has 1 aromatic heterocycles. The van der Waals surface area contributed by atoms with E-state index in [4.69, 9.17) is 0 Å². The molecule has 3 heteroatoms. The van der Waals surface area contributed by atoms with Crippen LogP contribution in [0, 0.1) is 5.92 Å². The predicted octanol–water partition coefficient (Wildman–Crippen LogP) is 4.23. The van der Waals surface area contributed by atoms with Crippen LogP contribution in [0.25, 0.3) is 0 Å². The van der Waals surface area contributed by atoms with E-state index >= 15 is 0 Å². The number of hydrogen-bond acceptors (Lipinski definition) is 2. The van der Waals surface area contributed by atoms with Crippen LogP contribution in [0.1, 0.15) is 71.4 Å². The average Bonchev–Trinajstić information content (AvgIpc) is 2.76. The zero-order chi connectivity index (χ0) is 13.2. The van der Waals surface area contributed by atoms with E-state index < -0.39 is 0 Å². The first kappa shape index (κ1) is 15.2. The molecule has 1 heterocycles. The summed E-state index contributed by atoms with van der Waals surface area (Å²) in [6, 6.07) is 0. The molecule has 0 aliphatic rings. The molecular formula is C15H29N3. The fourth-order valence-corrected chi connectivity index (χ4v) is 2.21. The molecule has 0 aromatic carbocycles. The average molecular weight is 251 g/mol. The van der Waals surface area contributed by atoms with Gasteiger partial charge in [-0.3, -0.25) is 0 Å². The van der Waals surface area contributed by atoms with E-state index in [1.165, 1.54) is 50.6 Å². The van der Waals surface area contributed by atoms with Gasteiger partial charge in [-0.25, -0.2) is 4.68 Å². The predicted molar refractivity (Wildman–Crippen MR) is 76.6 cm³/mol. The van der Waals surface area contributed by atoms with E-state index in [1.807, 2.05) is 6.20 Å². The number of rotatable bonds is 10. The van der Waals surface area contributed by atoms with Crippen molar-refractivity contribution in [3.05, 3.63) is 11.9 Å². The molecule has 0 amide bonds. The Labute approximate surface area is 112 Å². The molecule has 0 saturated heterocycles. The monoisotopic (exact) mass is 251 g/mol. The molecule has 3 nitrogen and oxygen atoms in total. The molecule has 0 atom stereocenters. The maximum Gasteiger partial charge on any atom is 0.0725 e. The smallest absolute Gasteiger partial charge is 0.0725 e. The SMILES string of the molecule is CCCCCn1nncc1CCCCCC(C)C. The largest absolute Gasteiger partial charge is 0.249 e. The highest BCUT2D eigenvalue weighted by atomic mass is 15.4. The van der Waals surface area contributed by atoms with Crippen LogP contribution in [0.4, 0.5) is 0 Å². The van der Waals surface area contributed by atoms with E-state index in [9.17, 15) is 0 Å². The van der Waals surface area contributed by atoms with Gasteiger partial charge in [-0.15, -0.1) is 5.10 Å². The van der Waals surface area contributed by atoms with E-state index in [1.54, 1.807) is 0 Å². The lowest BCUT2D eigenvalue weighted by atomic mass is 10.0. The van der Waals surface area contributed by atoms with Gasteiger partial charge >= 0.3 is 0 Å². The first-order chi connectivity index (χ1) is 8.74. The van der Waals surface area contributed by atoms with Gasteiger partial charge in [0.2, 0.25) is 0 Å². The topological polar surface area (TPSA) is 30.7 Å². The third-order valence-corrected chi connectivity index (χ3v) is 3.39. The number of nitrogens with zero attached hydrogens (tertiary/aromatic N) is 3. The normalized spacial score (nSPS) is 11.3. The Morgan fingerprint density at radius 2 is 1.94 bits per heavy atom. The van der Waals surface area contributed by atoms with Crippen LogP contribution < -0.4 is 0 Å². The van der Waals surface area contributed by atoms with Crippen LogP contribution in [0.15, 0.2) is 6.20 Å².